The third kappa shape index (κ3) is 3.06. The van der Waals surface area contributed by atoms with E-state index < -0.39 is 0 Å². The Morgan fingerprint density at radius 3 is 2.89 bits per heavy atom. The third-order valence-electron chi connectivity index (χ3n) is 3.73. The van der Waals surface area contributed by atoms with Gasteiger partial charge in [0.2, 0.25) is 0 Å². The number of rotatable bonds is 3. The van der Waals surface area contributed by atoms with Crippen LogP contribution in [0.2, 0.25) is 0 Å². The zero-order valence-electron chi connectivity index (χ0n) is 11.0. The van der Waals surface area contributed by atoms with Crippen LogP contribution in [0.3, 0.4) is 0 Å². The van der Waals surface area contributed by atoms with Gasteiger partial charge in [-0.05, 0) is 31.5 Å². The lowest BCUT2D eigenvalue weighted by molar-refractivity contribution is 0.132. The van der Waals surface area contributed by atoms with Gasteiger partial charge in [-0.2, -0.15) is 0 Å². The summed E-state index contributed by atoms with van der Waals surface area (Å²) in [7, 11) is 0. The molecule has 1 atom stereocenters. The van der Waals surface area contributed by atoms with Crippen molar-refractivity contribution in [1.29, 1.82) is 0 Å². The third-order valence-corrected chi connectivity index (χ3v) is 3.73. The zero-order valence-corrected chi connectivity index (χ0v) is 11.0. The van der Waals surface area contributed by atoms with E-state index in [0.29, 0.717) is 12.1 Å². The van der Waals surface area contributed by atoms with E-state index in [1.807, 2.05) is 0 Å². The second-order valence-electron chi connectivity index (χ2n) is 5.29. The van der Waals surface area contributed by atoms with E-state index in [9.17, 15) is 8.78 Å². The molecule has 1 aliphatic heterocycles. The number of halogens is 2. The average Bonchev–Trinajstić information content (AvgIpc) is 2.34. The summed E-state index contributed by atoms with van der Waals surface area (Å²) in [5.41, 5.74) is 0.512. The molecule has 1 unspecified atom stereocenters. The Kier molecular flexibility index (Phi) is 3.97. The molecule has 1 heterocycles. The zero-order chi connectivity index (χ0) is 13.2. The normalized spacial score (nSPS) is 25.3. The second kappa shape index (κ2) is 5.33. The van der Waals surface area contributed by atoms with Gasteiger partial charge < -0.3 is 5.32 Å². The summed E-state index contributed by atoms with van der Waals surface area (Å²) in [5, 5.41) is 3.48. The number of hydrogen-bond acceptors (Lipinski definition) is 2. The largest absolute Gasteiger partial charge is 0.309 e. The maximum Gasteiger partial charge on any atom is 0.127 e. The van der Waals surface area contributed by atoms with E-state index in [1.54, 1.807) is 0 Å². The van der Waals surface area contributed by atoms with Crippen LogP contribution >= 0.6 is 0 Å². The fraction of sp³-hybridized carbons (Fsp3) is 0.571. The average molecular weight is 254 g/mol. The summed E-state index contributed by atoms with van der Waals surface area (Å²) in [6.45, 7) is 7.40. The van der Waals surface area contributed by atoms with Crippen LogP contribution in [0.15, 0.2) is 18.2 Å². The highest BCUT2D eigenvalue weighted by molar-refractivity contribution is 5.18. The molecule has 1 fully saturated rings. The minimum absolute atomic E-state index is 0.0715. The van der Waals surface area contributed by atoms with Crippen molar-refractivity contribution in [3.05, 3.63) is 35.4 Å². The predicted octanol–water partition coefficient (Wildman–Crippen LogP) is 2.54. The Balaban J connectivity index is 2.07. The summed E-state index contributed by atoms with van der Waals surface area (Å²) in [5.74, 6) is -0.701. The SMILES string of the molecule is CCC1(C)CN(Cc2cc(F)ccc2F)CCN1. The summed E-state index contributed by atoms with van der Waals surface area (Å²) < 4.78 is 26.7. The fourth-order valence-corrected chi connectivity index (χ4v) is 2.42. The monoisotopic (exact) mass is 254 g/mol. The van der Waals surface area contributed by atoms with Gasteiger partial charge in [0.05, 0.1) is 0 Å². The van der Waals surface area contributed by atoms with Crippen LogP contribution in [0.25, 0.3) is 0 Å². The lowest BCUT2D eigenvalue weighted by Gasteiger charge is -2.41. The molecule has 1 N–H and O–H groups in total. The Bertz CT molecular complexity index is 422. The molecule has 1 aromatic carbocycles. The quantitative estimate of drug-likeness (QED) is 0.891. The van der Waals surface area contributed by atoms with Gasteiger partial charge in [0, 0.05) is 37.3 Å². The summed E-state index contributed by atoms with van der Waals surface area (Å²) in [4.78, 5) is 2.18. The summed E-state index contributed by atoms with van der Waals surface area (Å²) in [6.07, 6.45) is 1.02. The van der Waals surface area contributed by atoms with Crippen LogP contribution in [0, 0.1) is 11.6 Å². The highest BCUT2D eigenvalue weighted by Gasteiger charge is 2.28. The van der Waals surface area contributed by atoms with Crippen molar-refractivity contribution in [3.63, 3.8) is 0 Å². The van der Waals surface area contributed by atoms with E-state index >= 15 is 0 Å². The number of nitrogens with zero attached hydrogens (tertiary/aromatic N) is 1. The van der Waals surface area contributed by atoms with E-state index in [4.69, 9.17) is 0 Å². The molecular formula is C14H20F2N2. The molecule has 0 amide bonds. The van der Waals surface area contributed by atoms with Crippen molar-refractivity contribution in [2.75, 3.05) is 19.6 Å². The Labute approximate surface area is 107 Å². The molecule has 0 radical (unpaired) electrons. The Hall–Kier alpha value is -1.00. The maximum absolute atomic E-state index is 13.6. The summed E-state index contributed by atoms with van der Waals surface area (Å²) >= 11 is 0. The molecule has 0 bridgehead atoms. The van der Waals surface area contributed by atoms with Crippen molar-refractivity contribution >= 4 is 0 Å². The van der Waals surface area contributed by atoms with Crippen LogP contribution in [0.1, 0.15) is 25.8 Å². The van der Waals surface area contributed by atoms with Gasteiger partial charge in [-0.1, -0.05) is 6.92 Å². The smallest absolute Gasteiger partial charge is 0.127 e. The van der Waals surface area contributed by atoms with E-state index in [2.05, 4.69) is 24.1 Å². The first-order chi connectivity index (χ1) is 8.52. The van der Waals surface area contributed by atoms with Gasteiger partial charge >= 0.3 is 0 Å². The maximum atomic E-state index is 13.6. The van der Waals surface area contributed by atoms with Crippen LogP contribution in [0.5, 0.6) is 0 Å². The van der Waals surface area contributed by atoms with Gasteiger partial charge in [0.15, 0.2) is 0 Å². The molecule has 1 aliphatic rings. The Morgan fingerprint density at radius 2 is 2.17 bits per heavy atom. The molecule has 18 heavy (non-hydrogen) atoms. The van der Waals surface area contributed by atoms with E-state index in [1.165, 1.54) is 12.1 Å². The lowest BCUT2D eigenvalue weighted by atomic mass is 9.95. The Morgan fingerprint density at radius 1 is 1.39 bits per heavy atom. The van der Waals surface area contributed by atoms with Crippen LogP contribution in [0.4, 0.5) is 8.78 Å². The van der Waals surface area contributed by atoms with Gasteiger partial charge in [0.25, 0.3) is 0 Å². The minimum Gasteiger partial charge on any atom is -0.309 e. The van der Waals surface area contributed by atoms with Gasteiger partial charge in [0.1, 0.15) is 11.6 Å². The first-order valence-electron chi connectivity index (χ1n) is 6.44. The van der Waals surface area contributed by atoms with Crippen molar-refractivity contribution in [1.82, 2.24) is 10.2 Å². The molecule has 1 aromatic rings. The standard InChI is InChI=1S/C14H20F2N2/c1-3-14(2)10-18(7-6-17-14)9-11-8-12(15)4-5-13(11)16/h4-5,8,17H,3,6-7,9-10H2,1-2H3. The highest BCUT2D eigenvalue weighted by atomic mass is 19.1. The number of benzene rings is 1. The number of piperazine rings is 1. The minimum atomic E-state index is -0.375. The van der Waals surface area contributed by atoms with Gasteiger partial charge in [-0.15, -0.1) is 0 Å². The van der Waals surface area contributed by atoms with Crippen LogP contribution in [-0.2, 0) is 6.54 Å². The molecule has 4 heteroatoms. The molecule has 100 valence electrons. The van der Waals surface area contributed by atoms with Crippen LogP contribution < -0.4 is 5.32 Å². The second-order valence-corrected chi connectivity index (χ2v) is 5.29. The lowest BCUT2D eigenvalue weighted by Crippen LogP contribution is -2.58. The molecule has 2 rings (SSSR count). The molecule has 0 aromatic heterocycles. The van der Waals surface area contributed by atoms with Crippen molar-refractivity contribution in [2.45, 2.75) is 32.4 Å². The highest BCUT2D eigenvalue weighted by Crippen LogP contribution is 2.19. The van der Waals surface area contributed by atoms with E-state index in [-0.39, 0.29) is 17.2 Å². The molecule has 1 saturated heterocycles. The first kappa shape index (κ1) is 13.4. The van der Waals surface area contributed by atoms with Crippen molar-refractivity contribution in [3.8, 4) is 0 Å². The predicted molar refractivity (Wildman–Crippen MR) is 68.3 cm³/mol. The topological polar surface area (TPSA) is 15.3 Å². The first-order valence-corrected chi connectivity index (χ1v) is 6.44. The molecule has 2 nitrogen and oxygen atoms in total. The van der Waals surface area contributed by atoms with Crippen molar-refractivity contribution < 1.29 is 8.78 Å². The number of hydrogen-bond donors (Lipinski definition) is 1. The summed E-state index contributed by atoms with van der Waals surface area (Å²) in [6, 6.07) is 3.65. The van der Waals surface area contributed by atoms with E-state index in [0.717, 1.165) is 32.1 Å². The van der Waals surface area contributed by atoms with Gasteiger partial charge in [-0.3, -0.25) is 4.90 Å². The molecular weight excluding hydrogens is 234 g/mol. The number of nitrogens with one attached hydrogen (secondary N) is 1. The molecule has 0 aliphatic carbocycles. The fourth-order valence-electron chi connectivity index (χ4n) is 2.42. The molecule has 0 saturated carbocycles. The molecule has 0 spiro atoms. The van der Waals surface area contributed by atoms with Gasteiger partial charge in [-0.25, -0.2) is 8.78 Å². The van der Waals surface area contributed by atoms with Crippen molar-refractivity contribution in [2.24, 2.45) is 0 Å². The van der Waals surface area contributed by atoms with Crippen LogP contribution in [-0.4, -0.2) is 30.1 Å².